The Morgan fingerprint density at radius 2 is 1.95 bits per heavy atom. The Balaban J connectivity index is 1.78. The number of hydrogen-bond acceptors (Lipinski definition) is 2. The quantitative estimate of drug-likeness (QED) is 0.719. The zero-order chi connectivity index (χ0) is 14.8. The van der Waals surface area contributed by atoms with Crippen molar-refractivity contribution in [3.05, 3.63) is 58.1 Å². The van der Waals surface area contributed by atoms with Crippen molar-refractivity contribution < 1.29 is 4.74 Å². The molecule has 2 aromatic rings. The molecule has 1 aliphatic carbocycles. The summed E-state index contributed by atoms with van der Waals surface area (Å²) in [5, 5.41) is 0.903. The van der Waals surface area contributed by atoms with E-state index in [4.69, 9.17) is 16.3 Å². The van der Waals surface area contributed by atoms with E-state index in [1.165, 1.54) is 23.2 Å². The summed E-state index contributed by atoms with van der Waals surface area (Å²) in [5.41, 5.74) is 4.00. The molecule has 1 saturated heterocycles. The molecule has 0 spiro atoms. The van der Waals surface area contributed by atoms with Crippen LogP contribution in [0.25, 0.3) is 0 Å². The number of fused-ring (bicyclic) bond motifs is 4. The Morgan fingerprint density at radius 3 is 2.86 bits per heavy atom. The van der Waals surface area contributed by atoms with Crippen LogP contribution in [0.1, 0.15) is 22.6 Å². The predicted octanol–water partition coefficient (Wildman–Crippen LogP) is 4.31. The van der Waals surface area contributed by atoms with Gasteiger partial charge in [-0.25, -0.2) is 0 Å². The molecule has 5 rings (SSSR count). The zero-order valence-electron chi connectivity index (χ0n) is 12.6. The van der Waals surface area contributed by atoms with E-state index in [0.717, 1.165) is 29.5 Å². The summed E-state index contributed by atoms with van der Waals surface area (Å²) in [6.45, 7) is 2.33. The molecular weight excluding hydrogens is 294 g/mol. The number of ether oxygens (including phenoxy) is 1. The lowest BCUT2D eigenvalue weighted by atomic mass is 9.67. The summed E-state index contributed by atoms with van der Waals surface area (Å²) < 4.78 is 6.18. The average Bonchev–Trinajstić information content (AvgIpc) is 2.90. The Bertz CT molecular complexity index is 772. The second-order valence-corrected chi connectivity index (χ2v) is 7.31. The van der Waals surface area contributed by atoms with Crippen LogP contribution in [0.4, 0.5) is 0 Å². The van der Waals surface area contributed by atoms with Crippen LogP contribution in [0.5, 0.6) is 11.5 Å². The molecule has 0 unspecified atom stereocenters. The lowest BCUT2D eigenvalue weighted by molar-refractivity contribution is 0.321. The van der Waals surface area contributed by atoms with Crippen molar-refractivity contribution >= 4 is 11.6 Å². The van der Waals surface area contributed by atoms with Gasteiger partial charge in [-0.3, -0.25) is 0 Å². The molecule has 0 radical (unpaired) electrons. The molecule has 2 heterocycles. The highest BCUT2D eigenvalue weighted by atomic mass is 35.5. The number of rotatable bonds is 0. The smallest absolute Gasteiger partial charge is 0.131 e. The van der Waals surface area contributed by atoms with Gasteiger partial charge < -0.3 is 9.64 Å². The van der Waals surface area contributed by atoms with Gasteiger partial charge in [0.1, 0.15) is 11.5 Å². The van der Waals surface area contributed by atoms with E-state index in [1.54, 1.807) is 0 Å². The minimum atomic E-state index is 0.428. The minimum Gasteiger partial charge on any atom is -0.457 e. The van der Waals surface area contributed by atoms with E-state index in [-0.39, 0.29) is 0 Å². The lowest BCUT2D eigenvalue weighted by Gasteiger charge is -2.40. The van der Waals surface area contributed by atoms with Gasteiger partial charge in [0.25, 0.3) is 0 Å². The molecule has 0 saturated carbocycles. The van der Waals surface area contributed by atoms with Gasteiger partial charge in [-0.05, 0) is 49.1 Å². The molecule has 2 aliphatic heterocycles. The van der Waals surface area contributed by atoms with Gasteiger partial charge >= 0.3 is 0 Å². The molecule has 3 aliphatic rings. The second-order valence-electron chi connectivity index (χ2n) is 6.90. The first-order chi connectivity index (χ1) is 10.7. The summed E-state index contributed by atoms with van der Waals surface area (Å²) in [6, 6.07) is 12.5. The molecule has 2 nitrogen and oxygen atoms in total. The van der Waals surface area contributed by atoms with Crippen LogP contribution in [0.15, 0.2) is 36.4 Å². The molecule has 1 fully saturated rings. The standard InChI is InChI=1S/C19H18ClNO/c1-21-9-11-8-13-15(20)6-7-17-19(13)18(14(11)10-21)12-4-2-3-5-16(12)22-17/h2-7,11,14,18H,8-10H2,1H3/t11-,14+,18+/m1/s1. The number of hydrogen-bond donors (Lipinski definition) is 0. The van der Waals surface area contributed by atoms with Crippen LogP contribution in [0, 0.1) is 11.8 Å². The molecule has 0 amide bonds. The molecule has 2 aromatic carbocycles. The van der Waals surface area contributed by atoms with E-state index in [2.05, 4.69) is 36.2 Å². The van der Waals surface area contributed by atoms with Gasteiger partial charge in [0.05, 0.1) is 0 Å². The van der Waals surface area contributed by atoms with E-state index < -0.39 is 0 Å². The van der Waals surface area contributed by atoms with Crippen LogP contribution in [0.2, 0.25) is 5.02 Å². The van der Waals surface area contributed by atoms with Gasteiger partial charge in [0.15, 0.2) is 0 Å². The maximum absolute atomic E-state index is 6.55. The second kappa shape index (κ2) is 4.50. The van der Waals surface area contributed by atoms with Gasteiger partial charge in [-0.1, -0.05) is 29.8 Å². The van der Waals surface area contributed by atoms with Gasteiger partial charge in [0.2, 0.25) is 0 Å². The highest BCUT2D eigenvalue weighted by Crippen LogP contribution is 2.56. The van der Waals surface area contributed by atoms with Crippen LogP contribution < -0.4 is 4.74 Å². The Morgan fingerprint density at radius 1 is 1.09 bits per heavy atom. The maximum Gasteiger partial charge on any atom is 0.131 e. The van der Waals surface area contributed by atoms with Gasteiger partial charge in [-0.2, -0.15) is 0 Å². The topological polar surface area (TPSA) is 12.5 Å². The van der Waals surface area contributed by atoms with E-state index in [0.29, 0.717) is 17.8 Å². The van der Waals surface area contributed by atoms with Crippen LogP contribution in [-0.2, 0) is 6.42 Å². The highest BCUT2D eigenvalue weighted by molar-refractivity contribution is 6.31. The summed E-state index contributed by atoms with van der Waals surface area (Å²) in [6.07, 6.45) is 1.08. The molecule has 0 bridgehead atoms. The van der Waals surface area contributed by atoms with E-state index in [1.807, 2.05) is 12.1 Å². The SMILES string of the molecule is CN1C[C@H]2Cc3c(Cl)ccc4c3[C@@H](c3ccccc3O4)[C@H]2C1. The van der Waals surface area contributed by atoms with Crippen molar-refractivity contribution in [2.75, 3.05) is 20.1 Å². The fourth-order valence-corrected chi connectivity index (χ4v) is 5.02. The number of nitrogens with zero attached hydrogens (tertiary/aromatic N) is 1. The third-order valence-electron chi connectivity index (χ3n) is 5.61. The molecule has 0 aromatic heterocycles. The van der Waals surface area contributed by atoms with Crippen LogP contribution in [-0.4, -0.2) is 25.0 Å². The minimum absolute atomic E-state index is 0.428. The Kier molecular flexibility index (Phi) is 2.65. The van der Waals surface area contributed by atoms with E-state index >= 15 is 0 Å². The summed E-state index contributed by atoms with van der Waals surface area (Å²) >= 11 is 6.55. The van der Waals surface area contributed by atoms with Crippen molar-refractivity contribution in [3.63, 3.8) is 0 Å². The molecule has 112 valence electrons. The van der Waals surface area contributed by atoms with Crippen LogP contribution >= 0.6 is 11.6 Å². The molecule has 0 N–H and O–H groups in total. The third kappa shape index (κ3) is 1.65. The van der Waals surface area contributed by atoms with E-state index in [9.17, 15) is 0 Å². The normalized spacial score (nSPS) is 28.5. The lowest BCUT2D eigenvalue weighted by Crippen LogP contribution is -2.31. The number of para-hydroxylation sites is 1. The summed E-state index contributed by atoms with van der Waals surface area (Å²) in [4.78, 5) is 2.47. The summed E-state index contributed by atoms with van der Waals surface area (Å²) in [7, 11) is 2.23. The van der Waals surface area contributed by atoms with Crippen molar-refractivity contribution in [1.29, 1.82) is 0 Å². The van der Waals surface area contributed by atoms with Crippen molar-refractivity contribution in [2.45, 2.75) is 12.3 Å². The Hall–Kier alpha value is -1.51. The van der Waals surface area contributed by atoms with Crippen molar-refractivity contribution in [1.82, 2.24) is 4.90 Å². The molecular formula is C19H18ClNO. The fraction of sp³-hybridized carbons (Fsp3) is 0.368. The largest absolute Gasteiger partial charge is 0.457 e. The average molecular weight is 312 g/mol. The molecule has 3 heteroatoms. The number of halogens is 1. The third-order valence-corrected chi connectivity index (χ3v) is 5.97. The van der Waals surface area contributed by atoms with Crippen LogP contribution in [0.3, 0.4) is 0 Å². The first-order valence-electron chi connectivity index (χ1n) is 7.99. The number of benzene rings is 2. The molecule has 3 atom stereocenters. The van der Waals surface area contributed by atoms with Crippen molar-refractivity contribution in [2.24, 2.45) is 11.8 Å². The van der Waals surface area contributed by atoms with Gasteiger partial charge in [-0.15, -0.1) is 0 Å². The van der Waals surface area contributed by atoms with Crippen molar-refractivity contribution in [3.8, 4) is 11.5 Å². The summed E-state index contributed by atoms with van der Waals surface area (Å²) in [5.74, 6) is 3.82. The maximum atomic E-state index is 6.55. The molecule has 22 heavy (non-hydrogen) atoms. The van der Waals surface area contributed by atoms with Gasteiger partial charge in [0, 0.05) is 35.2 Å². The first kappa shape index (κ1) is 13.0. The first-order valence-corrected chi connectivity index (χ1v) is 8.37. The predicted molar refractivity (Wildman–Crippen MR) is 88.0 cm³/mol. The number of likely N-dealkylation sites (tertiary alicyclic amines) is 1. The Labute approximate surface area is 135 Å². The zero-order valence-corrected chi connectivity index (χ0v) is 13.3. The monoisotopic (exact) mass is 311 g/mol. The fourth-order valence-electron chi connectivity index (χ4n) is 4.78. The highest BCUT2D eigenvalue weighted by Gasteiger charge is 2.46.